The molecule has 2 unspecified atom stereocenters. The molecule has 2 fully saturated rings. The third kappa shape index (κ3) is 3.02. The lowest BCUT2D eigenvalue weighted by atomic mass is 9.87. The molecule has 0 bridgehead atoms. The van der Waals surface area contributed by atoms with E-state index in [1.165, 1.54) is 12.8 Å². The zero-order valence-corrected chi connectivity index (χ0v) is 16.3. The second-order valence-corrected chi connectivity index (χ2v) is 8.70. The molecular formula is C19H23Cl2N5. The zero-order valence-electron chi connectivity index (χ0n) is 14.8. The van der Waals surface area contributed by atoms with Gasteiger partial charge in [0.25, 0.3) is 0 Å². The Morgan fingerprint density at radius 2 is 1.92 bits per heavy atom. The van der Waals surface area contributed by atoms with Crippen molar-refractivity contribution >= 4 is 34.8 Å². The van der Waals surface area contributed by atoms with Crippen LogP contribution in [-0.2, 0) is 0 Å². The summed E-state index contributed by atoms with van der Waals surface area (Å²) in [5.41, 5.74) is 13.7. The van der Waals surface area contributed by atoms with E-state index in [0.29, 0.717) is 44.4 Å². The monoisotopic (exact) mass is 391 g/mol. The predicted molar refractivity (Wildman–Crippen MR) is 107 cm³/mol. The maximum Gasteiger partial charge on any atom is 0.152 e. The molecule has 3 atom stereocenters. The lowest BCUT2D eigenvalue weighted by molar-refractivity contribution is 0.324. The number of fused-ring (bicyclic) bond motifs is 1. The van der Waals surface area contributed by atoms with Crippen LogP contribution < -0.4 is 16.4 Å². The van der Waals surface area contributed by atoms with E-state index in [9.17, 15) is 0 Å². The maximum atomic E-state index is 6.30. The molecule has 1 aliphatic heterocycles. The molecule has 2 aromatic rings. The summed E-state index contributed by atoms with van der Waals surface area (Å²) in [6.45, 7) is 5.05. The Labute approximate surface area is 163 Å². The summed E-state index contributed by atoms with van der Waals surface area (Å²) in [5, 5.41) is 0.921. The largest absolute Gasteiger partial charge is 0.382 e. The van der Waals surface area contributed by atoms with Gasteiger partial charge in [0, 0.05) is 18.7 Å². The van der Waals surface area contributed by atoms with Gasteiger partial charge < -0.3 is 16.4 Å². The number of rotatable bonds is 3. The molecule has 4 rings (SSSR count). The molecule has 1 saturated heterocycles. The highest BCUT2D eigenvalue weighted by Gasteiger charge is 2.46. The van der Waals surface area contributed by atoms with Gasteiger partial charge in [-0.1, -0.05) is 42.3 Å². The van der Waals surface area contributed by atoms with Crippen LogP contribution in [0.5, 0.6) is 0 Å². The zero-order chi connectivity index (χ0) is 18.5. The van der Waals surface area contributed by atoms with Crippen LogP contribution in [0.3, 0.4) is 0 Å². The molecule has 7 heteroatoms. The summed E-state index contributed by atoms with van der Waals surface area (Å²) in [4.78, 5) is 11.4. The van der Waals surface area contributed by atoms with E-state index >= 15 is 0 Å². The van der Waals surface area contributed by atoms with E-state index in [0.717, 1.165) is 25.5 Å². The second kappa shape index (κ2) is 6.55. The fourth-order valence-electron chi connectivity index (χ4n) is 4.54. The van der Waals surface area contributed by atoms with Gasteiger partial charge in [0.2, 0.25) is 0 Å². The number of benzene rings is 1. The topological polar surface area (TPSA) is 81.1 Å². The molecule has 1 aromatic heterocycles. The summed E-state index contributed by atoms with van der Waals surface area (Å²) >= 11 is 12.4. The maximum absolute atomic E-state index is 6.30. The number of anilines is 2. The number of aromatic nitrogens is 2. The van der Waals surface area contributed by atoms with Crippen LogP contribution in [0.1, 0.15) is 19.8 Å². The number of hydrogen-bond acceptors (Lipinski definition) is 5. The second-order valence-electron chi connectivity index (χ2n) is 7.91. The molecule has 0 spiro atoms. The Morgan fingerprint density at radius 3 is 2.54 bits per heavy atom. The third-order valence-corrected chi connectivity index (χ3v) is 6.72. The van der Waals surface area contributed by atoms with E-state index < -0.39 is 0 Å². The molecule has 1 aliphatic carbocycles. The van der Waals surface area contributed by atoms with E-state index in [4.69, 9.17) is 34.7 Å². The van der Waals surface area contributed by atoms with Crippen molar-refractivity contribution in [3.63, 3.8) is 0 Å². The van der Waals surface area contributed by atoms with Crippen LogP contribution in [0.4, 0.5) is 11.6 Å². The van der Waals surface area contributed by atoms with Gasteiger partial charge >= 0.3 is 0 Å². The summed E-state index contributed by atoms with van der Waals surface area (Å²) in [7, 11) is 0. The lowest BCUT2D eigenvalue weighted by Crippen LogP contribution is -2.29. The molecule has 2 heterocycles. The smallest absolute Gasteiger partial charge is 0.152 e. The molecule has 138 valence electrons. The highest BCUT2D eigenvalue weighted by atomic mass is 35.5. The van der Waals surface area contributed by atoms with Gasteiger partial charge in [-0.3, -0.25) is 0 Å². The average Bonchev–Trinajstić information content (AvgIpc) is 3.13. The average molecular weight is 392 g/mol. The van der Waals surface area contributed by atoms with Crippen LogP contribution >= 0.6 is 23.2 Å². The van der Waals surface area contributed by atoms with Crippen molar-refractivity contribution < 1.29 is 0 Å². The minimum atomic E-state index is 0.291. The van der Waals surface area contributed by atoms with Gasteiger partial charge in [-0.15, -0.1) is 0 Å². The van der Waals surface area contributed by atoms with Crippen LogP contribution in [0.2, 0.25) is 10.0 Å². The van der Waals surface area contributed by atoms with Crippen LogP contribution in [0.25, 0.3) is 11.3 Å². The van der Waals surface area contributed by atoms with Crippen LogP contribution in [-0.4, -0.2) is 29.6 Å². The number of nitrogens with zero attached hydrogens (tertiary/aromatic N) is 3. The quantitative estimate of drug-likeness (QED) is 0.830. The summed E-state index contributed by atoms with van der Waals surface area (Å²) in [6, 6.07) is 5.42. The van der Waals surface area contributed by atoms with Crippen molar-refractivity contribution in [1.82, 2.24) is 9.97 Å². The molecular weight excluding hydrogens is 369 g/mol. The predicted octanol–water partition coefficient (Wildman–Crippen LogP) is 3.84. The molecule has 26 heavy (non-hydrogen) atoms. The van der Waals surface area contributed by atoms with Crippen molar-refractivity contribution in [3.8, 4) is 11.3 Å². The standard InChI is InChI=1S/C19H23Cl2N5/c1-19(10-22)5-11-8-26(9-12(11)6-19)15-7-24-17(18(23)25-15)13-3-2-4-14(20)16(13)21/h2-4,7,11-12H,5-6,8-10,22H2,1H3,(H2,23,25)/t11-,12?,19?/m0/s1. The Kier molecular flexibility index (Phi) is 4.49. The van der Waals surface area contributed by atoms with Crippen molar-refractivity contribution in [2.75, 3.05) is 30.3 Å². The summed E-state index contributed by atoms with van der Waals surface area (Å²) in [6.07, 6.45) is 4.15. The van der Waals surface area contributed by atoms with E-state index in [2.05, 4.69) is 21.8 Å². The third-order valence-electron chi connectivity index (χ3n) is 5.90. The van der Waals surface area contributed by atoms with Crippen molar-refractivity contribution in [3.05, 3.63) is 34.4 Å². The lowest BCUT2D eigenvalue weighted by Gasteiger charge is -2.26. The number of nitrogen functional groups attached to an aromatic ring is 1. The SMILES string of the molecule is CC1(CN)CC2CN(c3cnc(-c4cccc(Cl)c4Cl)c(N)n3)C[C@@H]2C1. The first kappa shape index (κ1) is 17.8. The van der Waals surface area contributed by atoms with Crippen molar-refractivity contribution in [2.24, 2.45) is 23.0 Å². The summed E-state index contributed by atoms with van der Waals surface area (Å²) in [5.74, 6) is 2.55. The molecule has 4 N–H and O–H groups in total. The van der Waals surface area contributed by atoms with Gasteiger partial charge in [-0.25, -0.2) is 9.97 Å². The minimum Gasteiger partial charge on any atom is -0.382 e. The highest BCUT2D eigenvalue weighted by molar-refractivity contribution is 6.43. The van der Waals surface area contributed by atoms with Crippen molar-refractivity contribution in [1.29, 1.82) is 0 Å². The first-order valence-corrected chi connectivity index (χ1v) is 9.68. The van der Waals surface area contributed by atoms with E-state index in [1.54, 1.807) is 12.3 Å². The van der Waals surface area contributed by atoms with E-state index in [-0.39, 0.29) is 0 Å². The van der Waals surface area contributed by atoms with Crippen LogP contribution in [0, 0.1) is 17.3 Å². The molecule has 2 aliphatic rings. The van der Waals surface area contributed by atoms with Gasteiger partial charge in [0.15, 0.2) is 5.82 Å². The van der Waals surface area contributed by atoms with Gasteiger partial charge in [-0.05, 0) is 42.7 Å². The molecule has 1 aromatic carbocycles. The molecule has 5 nitrogen and oxygen atoms in total. The fourth-order valence-corrected chi connectivity index (χ4v) is 4.93. The molecule has 1 saturated carbocycles. The van der Waals surface area contributed by atoms with Gasteiger partial charge in [0.1, 0.15) is 11.5 Å². The van der Waals surface area contributed by atoms with Crippen LogP contribution in [0.15, 0.2) is 24.4 Å². The number of hydrogen-bond donors (Lipinski definition) is 2. The Balaban J connectivity index is 1.56. The van der Waals surface area contributed by atoms with Gasteiger partial charge in [0.05, 0.1) is 16.2 Å². The summed E-state index contributed by atoms with van der Waals surface area (Å²) < 4.78 is 0. The normalized spacial score (nSPS) is 27.8. The first-order chi connectivity index (χ1) is 12.4. The highest BCUT2D eigenvalue weighted by Crippen LogP contribution is 2.49. The van der Waals surface area contributed by atoms with Crippen molar-refractivity contribution in [2.45, 2.75) is 19.8 Å². The Hall–Kier alpha value is -1.56. The molecule has 0 amide bonds. The number of nitrogens with two attached hydrogens (primary N) is 2. The fraction of sp³-hybridized carbons (Fsp3) is 0.474. The Morgan fingerprint density at radius 1 is 1.23 bits per heavy atom. The van der Waals surface area contributed by atoms with Gasteiger partial charge in [-0.2, -0.15) is 0 Å². The Bertz CT molecular complexity index is 827. The number of halogens is 2. The minimum absolute atomic E-state index is 0.291. The molecule has 0 radical (unpaired) electrons. The van der Waals surface area contributed by atoms with E-state index in [1.807, 2.05) is 12.1 Å². The first-order valence-electron chi connectivity index (χ1n) is 8.92.